The van der Waals surface area contributed by atoms with E-state index in [2.05, 4.69) is 24.4 Å². The van der Waals surface area contributed by atoms with Gasteiger partial charge >= 0.3 is 0 Å². The van der Waals surface area contributed by atoms with E-state index >= 15 is 0 Å². The fourth-order valence-corrected chi connectivity index (χ4v) is 2.60. The van der Waals surface area contributed by atoms with Gasteiger partial charge < -0.3 is 5.32 Å². The number of carbonyl (C=O) groups is 1. The molecular weight excluding hydrogens is 234 g/mol. The molecule has 1 N–H and O–H groups in total. The molecular formula is C17H23NO. The summed E-state index contributed by atoms with van der Waals surface area (Å²) in [5.41, 5.74) is 2.39. The molecule has 0 unspecified atom stereocenters. The number of allylic oxidation sites excluding steroid dienone is 2. The molecule has 0 fully saturated rings. The smallest absolute Gasteiger partial charge is 0.158 e. The summed E-state index contributed by atoms with van der Waals surface area (Å²) < 4.78 is 0. The van der Waals surface area contributed by atoms with Gasteiger partial charge in [0, 0.05) is 24.7 Å². The first-order valence-electron chi connectivity index (χ1n) is 7.32. The molecule has 1 aliphatic carbocycles. The lowest BCUT2D eigenvalue weighted by Gasteiger charge is -2.23. The molecule has 1 aliphatic rings. The number of unbranched alkanes of at least 4 members (excludes halogenated alkanes) is 2. The lowest BCUT2D eigenvalue weighted by Crippen LogP contribution is -2.22. The quantitative estimate of drug-likeness (QED) is 0.785. The van der Waals surface area contributed by atoms with Gasteiger partial charge in [-0.15, -0.1) is 0 Å². The van der Waals surface area contributed by atoms with Crippen LogP contribution in [-0.4, -0.2) is 12.3 Å². The highest BCUT2D eigenvalue weighted by atomic mass is 16.1. The number of benzene rings is 1. The molecule has 0 heterocycles. The van der Waals surface area contributed by atoms with E-state index in [9.17, 15) is 4.79 Å². The van der Waals surface area contributed by atoms with Crippen LogP contribution in [0.5, 0.6) is 0 Å². The van der Waals surface area contributed by atoms with Crippen LogP contribution in [0.3, 0.4) is 0 Å². The SMILES string of the molecule is CCCCCNC1=CC(=O)C[C@H](c2ccccc2)C1. The van der Waals surface area contributed by atoms with Crippen LogP contribution < -0.4 is 5.32 Å². The Morgan fingerprint density at radius 2 is 1.95 bits per heavy atom. The minimum atomic E-state index is 0.248. The normalized spacial score (nSPS) is 19.1. The Hall–Kier alpha value is -1.57. The number of hydrogen-bond acceptors (Lipinski definition) is 2. The van der Waals surface area contributed by atoms with Crippen LogP contribution in [0.4, 0.5) is 0 Å². The molecule has 0 radical (unpaired) electrons. The lowest BCUT2D eigenvalue weighted by molar-refractivity contribution is -0.115. The summed E-state index contributed by atoms with van der Waals surface area (Å²) in [7, 11) is 0. The fraction of sp³-hybridized carbons (Fsp3) is 0.471. The van der Waals surface area contributed by atoms with Gasteiger partial charge in [-0.05, 0) is 24.3 Å². The third-order valence-electron chi connectivity index (χ3n) is 3.65. The van der Waals surface area contributed by atoms with Gasteiger partial charge in [-0.2, -0.15) is 0 Å². The average Bonchev–Trinajstić information content (AvgIpc) is 2.44. The summed E-state index contributed by atoms with van der Waals surface area (Å²) >= 11 is 0. The lowest BCUT2D eigenvalue weighted by atomic mass is 9.85. The Morgan fingerprint density at radius 3 is 2.68 bits per heavy atom. The molecule has 1 atom stereocenters. The van der Waals surface area contributed by atoms with Gasteiger partial charge in [-0.25, -0.2) is 0 Å². The second-order valence-electron chi connectivity index (χ2n) is 5.29. The predicted molar refractivity (Wildman–Crippen MR) is 79.0 cm³/mol. The molecule has 0 spiro atoms. The Balaban J connectivity index is 1.93. The highest BCUT2D eigenvalue weighted by Crippen LogP contribution is 2.30. The summed E-state index contributed by atoms with van der Waals surface area (Å²) in [5, 5.41) is 3.43. The van der Waals surface area contributed by atoms with Gasteiger partial charge in [0.25, 0.3) is 0 Å². The molecule has 102 valence electrons. The number of nitrogens with one attached hydrogen (secondary N) is 1. The largest absolute Gasteiger partial charge is 0.388 e. The molecule has 0 aliphatic heterocycles. The van der Waals surface area contributed by atoms with Gasteiger partial charge in [0.05, 0.1) is 0 Å². The second-order valence-corrected chi connectivity index (χ2v) is 5.29. The highest BCUT2D eigenvalue weighted by molar-refractivity contribution is 5.91. The van der Waals surface area contributed by atoms with Gasteiger partial charge in [0.2, 0.25) is 0 Å². The second kappa shape index (κ2) is 7.13. The van der Waals surface area contributed by atoms with Crippen LogP contribution in [0.1, 0.15) is 50.5 Å². The van der Waals surface area contributed by atoms with Crippen molar-refractivity contribution >= 4 is 5.78 Å². The molecule has 0 saturated carbocycles. The minimum absolute atomic E-state index is 0.248. The van der Waals surface area contributed by atoms with Gasteiger partial charge in [-0.1, -0.05) is 50.1 Å². The number of rotatable bonds is 6. The number of hydrogen-bond donors (Lipinski definition) is 1. The molecule has 0 aromatic heterocycles. The van der Waals surface area contributed by atoms with Gasteiger partial charge in [0.15, 0.2) is 5.78 Å². The van der Waals surface area contributed by atoms with E-state index in [0.29, 0.717) is 12.3 Å². The third-order valence-corrected chi connectivity index (χ3v) is 3.65. The summed E-state index contributed by atoms with van der Waals surface area (Å²) in [6.07, 6.45) is 7.05. The topological polar surface area (TPSA) is 29.1 Å². The van der Waals surface area contributed by atoms with Crippen molar-refractivity contribution in [2.24, 2.45) is 0 Å². The monoisotopic (exact) mass is 257 g/mol. The zero-order valence-electron chi connectivity index (χ0n) is 11.7. The van der Waals surface area contributed by atoms with E-state index < -0.39 is 0 Å². The van der Waals surface area contributed by atoms with Crippen LogP contribution in [0.2, 0.25) is 0 Å². The first-order chi connectivity index (χ1) is 9.29. The Kier molecular flexibility index (Phi) is 5.20. The van der Waals surface area contributed by atoms with E-state index in [1.807, 2.05) is 18.2 Å². The van der Waals surface area contributed by atoms with Crippen molar-refractivity contribution < 1.29 is 4.79 Å². The van der Waals surface area contributed by atoms with E-state index in [1.165, 1.54) is 24.8 Å². The average molecular weight is 257 g/mol. The van der Waals surface area contributed by atoms with Crippen LogP contribution in [-0.2, 0) is 4.79 Å². The molecule has 2 rings (SSSR count). The van der Waals surface area contributed by atoms with Crippen molar-refractivity contribution in [2.45, 2.75) is 44.9 Å². The number of ketones is 1. The van der Waals surface area contributed by atoms with Crippen molar-refractivity contribution in [3.05, 3.63) is 47.7 Å². The van der Waals surface area contributed by atoms with Crippen molar-refractivity contribution in [1.29, 1.82) is 0 Å². The highest BCUT2D eigenvalue weighted by Gasteiger charge is 2.21. The summed E-state index contributed by atoms with van der Waals surface area (Å²) in [5.74, 6) is 0.588. The van der Waals surface area contributed by atoms with Crippen molar-refractivity contribution in [2.75, 3.05) is 6.54 Å². The number of carbonyl (C=O) groups excluding carboxylic acids is 1. The van der Waals surface area contributed by atoms with Crippen molar-refractivity contribution in [3.63, 3.8) is 0 Å². The van der Waals surface area contributed by atoms with Crippen LogP contribution in [0.15, 0.2) is 42.1 Å². The molecule has 0 bridgehead atoms. The molecule has 19 heavy (non-hydrogen) atoms. The first kappa shape index (κ1) is 13.9. The predicted octanol–water partition coefficient (Wildman–Crippen LogP) is 3.80. The van der Waals surface area contributed by atoms with Crippen LogP contribution >= 0.6 is 0 Å². The molecule has 0 amide bonds. The van der Waals surface area contributed by atoms with E-state index in [-0.39, 0.29) is 5.78 Å². The van der Waals surface area contributed by atoms with Crippen molar-refractivity contribution in [3.8, 4) is 0 Å². The Labute approximate surface area is 115 Å². The zero-order chi connectivity index (χ0) is 13.5. The first-order valence-corrected chi connectivity index (χ1v) is 7.32. The maximum absolute atomic E-state index is 11.8. The maximum Gasteiger partial charge on any atom is 0.158 e. The zero-order valence-corrected chi connectivity index (χ0v) is 11.7. The van der Waals surface area contributed by atoms with Crippen LogP contribution in [0.25, 0.3) is 0 Å². The Morgan fingerprint density at radius 1 is 1.16 bits per heavy atom. The van der Waals surface area contributed by atoms with Crippen LogP contribution in [0, 0.1) is 0 Å². The van der Waals surface area contributed by atoms with Crippen molar-refractivity contribution in [1.82, 2.24) is 5.32 Å². The molecule has 0 saturated heterocycles. The van der Waals surface area contributed by atoms with Gasteiger partial charge in [0.1, 0.15) is 0 Å². The van der Waals surface area contributed by atoms with E-state index in [0.717, 1.165) is 18.7 Å². The molecule has 1 aromatic carbocycles. The summed E-state index contributed by atoms with van der Waals surface area (Å²) in [6, 6.07) is 10.4. The minimum Gasteiger partial charge on any atom is -0.388 e. The van der Waals surface area contributed by atoms with E-state index in [1.54, 1.807) is 6.08 Å². The summed E-state index contributed by atoms with van der Waals surface area (Å²) in [4.78, 5) is 11.8. The summed E-state index contributed by atoms with van der Waals surface area (Å²) in [6.45, 7) is 3.18. The fourth-order valence-electron chi connectivity index (χ4n) is 2.60. The molecule has 2 heteroatoms. The standard InChI is InChI=1S/C17H23NO/c1-2-3-7-10-18-16-11-15(12-17(19)13-16)14-8-5-4-6-9-14/h4-6,8-9,13,15,18H,2-3,7,10-12H2,1H3/t15-/m1/s1. The molecule has 2 nitrogen and oxygen atoms in total. The molecule has 1 aromatic rings. The third kappa shape index (κ3) is 4.23. The maximum atomic E-state index is 11.8. The Bertz CT molecular complexity index is 436. The van der Waals surface area contributed by atoms with E-state index in [4.69, 9.17) is 0 Å². The van der Waals surface area contributed by atoms with Gasteiger partial charge in [-0.3, -0.25) is 4.79 Å².